The number of benzene rings is 1. The van der Waals surface area contributed by atoms with Gasteiger partial charge in [-0.25, -0.2) is 4.39 Å². The normalized spacial score (nSPS) is 11.0. The van der Waals surface area contributed by atoms with Gasteiger partial charge in [-0.05, 0) is 36.4 Å². The zero-order valence-corrected chi connectivity index (χ0v) is 14.0. The maximum absolute atomic E-state index is 12.9. The van der Waals surface area contributed by atoms with Crippen LogP contribution in [0.1, 0.15) is 0 Å². The smallest absolute Gasteiger partial charge is 0.264 e. The van der Waals surface area contributed by atoms with Gasteiger partial charge < -0.3 is 4.74 Å². The number of aromatic nitrogens is 4. The Morgan fingerprint density at radius 3 is 2.65 bits per heavy atom. The van der Waals surface area contributed by atoms with Gasteiger partial charge in [0.25, 0.3) is 5.56 Å². The van der Waals surface area contributed by atoms with Crippen molar-refractivity contribution in [1.82, 2.24) is 19.3 Å². The van der Waals surface area contributed by atoms with Crippen LogP contribution in [0.15, 0.2) is 66.0 Å². The Morgan fingerprint density at radius 2 is 1.96 bits per heavy atom. The Kier molecular flexibility index (Phi) is 3.96. The highest BCUT2D eigenvalue weighted by atomic mass is 19.1. The summed E-state index contributed by atoms with van der Waals surface area (Å²) in [6.07, 6.45) is 7.02. The lowest BCUT2D eigenvalue weighted by Crippen LogP contribution is -2.18. The summed E-state index contributed by atoms with van der Waals surface area (Å²) < 4.78 is 20.4. The summed E-state index contributed by atoms with van der Waals surface area (Å²) in [5, 5.41) is 4.72. The average molecular weight is 350 g/mol. The van der Waals surface area contributed by atoms with E-state index in [0.717, 1.165) is 11.1 Å². The summed E-state index contributed by atoms with van der Waals surface area (Å²) in [5.41, 5.74) is 2.76. The first-order chi connectivity index (χ1) is 12.7. The highest BCUT2D eigenvalue weighted by molar-refractivity contribution is 5.92. The van der Waals surface area contributed by atoms with Crippen LogP contribution >= 0.6 is 0 Å². The molecule has 0 saturated carbocycles. The first kappa shape index (κ1) is 16.0. The first-order valence-electron chi connectivity index (χ1n) is 7.96. The van der Waals surface area contributed by atoms with E-state index < -0.39 is 6.86 Å². The van der Waals surface area contributed by atoms with E-state index in [9.17, 15) is 9.18 Å². The fourth-order valence-electron chi connectivity index (χ4n) is 2.90. The monoisotopic (exact) mass is 350 g/mol. The number of hydrogen-bond acceptors (Lipinski definition) is 4. The van der Waals surface area contributed by atoms with E-state index in [1.165, 1.54) is 0 Å². The van der Waals surface area contributed by atoms with Gasteiger partial charge in [-0.2, -0.15) is 5.10 Å². The zero-order valence-electron chi connectivity index (χ0n) is 14.0. The third-order valence-corrected chi connectivity index (χ3v) is 4.12. The second-order valence-corrected chi connectivity index (χ2v) is 5.77. The molecule has 0 N–H and O–H groups in total. The molecule has 0 atom stereocenters. The van der Waals surface area contributed by atoms with E-state index in [1.54, 1.807) is 64.2 Å². The second-order valence-electron chi connectivity index (χ2n) is 5.77. The summed E-state index contributed by atoms with van der Waals surface area (Å²) in [6.45, 7) is -0.897. The molecule has 0 aliphatic rings. The van der Waals surface area contributed by atoms with Crippen LogP contribution in [-0.2, 0) is 7.05 Å². The quantitative estimate of drug-likeness (QED) is 0.567. The second kappa shape index (κ2) is 6.44. The fraction of sp³-hybridized carbons (Fsp3) is 0.105. The number of rotatable bonds is 4. The Balaban J connectivity index is 1.95. The van der Waals surface area contributed by atoms with Gasteiger partial charge in [-0.1, -0.05) is 0 Å². The molecule has 0 aliphatic carbocycles. The van der Waals surface area contributed by atoms with Crippen molar-refractivity contribution >= 4 is 10.9 Å². The third-order valence-electron chi connectivity index (χ3n) is 4.12. The summed E-state index contributed by atoms with van der Waals surface area (Å²) in [4.78, 5) is 17.3. The Hall–Kier alpha value is -3.48. The van der Waals surface area contributed by atoms with Crippen LogP contribution in [0.3, 0.4) is 0 Å². The summed E-state index contributed by atoms with van der Waals surface area (Å²) in [5.74, 6) is 0.402. The standard InChI is InChI=1S/C19H15FN4O2/c1-23-10-13(9-22-23)17-11-24(14-4-6-15(7-5-14)26-12-20)19(25)16-3-2-8-21-18(16)17/h2-11H,12H2,1H3. The molecule has 4 rings (SSSR count). The average Bonchev–Trinajstić information content (AvgIpc) is 3.10. The molecule has 0 fully saturated rings. The van der Waals surface area contributed by atoms with Gasteiger partial charge in [0, 0.05) is 42.5 Å². The number of hydrogen-bond donors (Lipinski definition) is 0. The van der Waals surface area contributed by atoms with Crippen molar-refractivity contribution in [2.45, 2.75) is 0 Å². The number of fused-ring (bicyclic) bond motifs is 1. The highest BCUT2D eigenvalue weighted by Crippen LogP contribution is 2.26. The molecule has 26 heavy (non-hydrogen) atoms. The van der Waals surface area contributed by atoms with E-state index in [-0.39, 0.29) is 5.56 Å². The topological polar surface area (TPSA) is 61.9 Å². The first-order valence-corrected chi connectivity index (χ1v) is 7.96. The van der Waals surface area contributed by atoms with Gasteiger partial charge in [0.15, 0.2) is 0 Å². The molecule has 130 valence electrons. The Labute approximate surface area is 148 Å². The summed E-state index contributed by atoms with van der Waals surface area (Å²) >= 11 is 0. The van der Waals surface area contributed by atoms with Crippen LogP contribution in [0.4, 0.5) is 4.39 Å². The summed E-state index contributed by atoms with van der Waals surface area (Å²) in [6, 6.07) is 10.2. The maximum Gasteiger partial charge on any atom is 0.264 e. The van der Waals surface area contributed by atoms with E-state index >= 15 is 0 Å². The third kappa shape index (κ3) is 2.73. The molecule has 1 aromatic carbocycles. The Morgan fingerprint density at radius 1 is 1.15 bits per heavy atom. The molecular weight excluding hydrogens is 335 g/mol. The fourth-order valence-corrected chi connectivity index (χ4v) is 2.90. The molecule has 3 aromatic heterocycles. The molecule has 0 unspecified atom stereocenters. The number of aryl methyl sites for hydroxylation is 1. The lowest BCUT2D eigenvalue weighted by molar-refractivity contribution is 0.192. The predicted molar refractivity (Wildman–Crippen MR) is 96.1 cm³/mol. The number of pyridine rings is 2. The van der Waals surface area contributed by atoms with E-state index in [0.29, 0.717) is 22.3 Å². The van der Waals surface area contributed by atoms with Crippen molar-refractivity contribution in [3.8, 4) is 22.6 Å². The number of nitrogens with zero attached hydrogens (tertiary/aromatic N) is 4. The van der Waals surface area contributed by atoms with Crippen molar-refractivity contribution in [1.29, 1.82) is 0 Å². The van der Waals surface area contributed by atoms with E-state index in [2.05, 4.69) is 10.1 Å². The molecule has 0 spiro atoms. The largest absolute Gasteiger partial charge is 0.463 e. The molecule has 0 amide bonds. The van der Waals surface area contributed by atoms with Gasteiger partial charge in [0.05, 0.1) is 17.1 Å². The van der Waals surface area contributed by atoms with Crippen LogP contribution in [0.5, 0.6) is 5.75 Å². The molecule has 0 aliphatic heterocycles. The molecule has 3 heterocycles. The zero-order chi connectivity index (χ0) is 18.1. The molecule has 0 saturated heterocycles. The predicted octanol–water partition coefficient (Wildman–Crippen LogP) is 3.09. The van der Waals surface area contributed by atoms with Gasteiger partial charge in [-0.3, -0.25) is 19.0 Å². The molecule has 0 bridgehead atoms. The number of halogens is 1. The minimum atomic E-state index is -0.897. The van der Waals surface area contributed by atoms with Gasteiger partial charge in [0.2, 0.25) is 6.86 Å². The van der Waals surface area contributed by atoms with Crippen LogP contribution in [0.25, 0.3) is 27.7 Å². The van der Waals surface area contributed by atoms with Crippen molar-refractivity contribution in [2.75, 3.05) is 6.86 Å². The molecule has 7 heteroatoms. The van der Waals surface area contributed by atoms with Crippen LogP contribution < -0.4 is 10.3 Å². The van der Waals surface area contributed by atoms with Crippen molar-refractivity contribution in [3.05, 3.63) is 71.5 Å². The SMILES string of the molecule is Cn1cc(-c2cn(-c3ccc(OCF)cc3)c(=O)c3cccnc23)cn1. The molecule has 0 radical (unpaired) electrons. The number of alkyl halides is 1. The van der Waals surface area contributed by atoms with Gasteiger partial charge in [-0.15, -0.1) is 0 Å². The minimum Gasteiger partial charge on any atom is -0.463 e. The van der Waals surface area contributed by atoms with Gasteiger partial charge >= 0.3 is 0 Å². The van der Waals surface area contributed by atoms with Crippen LogP contribution in [0.2, 0.25) is 0 Å². The molecular formula is C19H15FN4O2. The lowest BCUT2D eigenvalue weighted by atomic mass is 10.1. The highest BCUT2D eigenvalue weighted by Gasteiger charge is 2.13. The van der Waals surface area contributed by atoms with E-state index in [1.807, 2.05) is 13.2 Å². The minimum absolute atomic E-state index is 0.181. The van der Waals surface area contributed by atoms with Crippen LogP contribution in [-0.4, -0.2) is 26.2 Å². The maximum atomic E-state index is 12.9. The van der Waals surface area contributed by atoms with E-state index in [4.69, 9.17) is 4.74 Å². The Bertz CT molecular complexity index is 1130. The van der Waals surface area contributed by atoms with Crippen molar-refractivity contribution in [2.24, 2.45) is 7.05 Å². The summed E-state index contributed by atoms with van der Waals surface area (Å²) in [7, 11) is 1.83. The van der Waals surface area contributed by atoms with Crippen LogP contribution in [0, 0.1) is 0 Å². The van der Waals surface area contributed by atoms with Crippen molar-refractivity contribution in [3.63, 3.8) is 0 Å². The van der Waals surface area contributed by atoms with Gasteiger partial charge in [0.1, 0.15) is 5.75 Å². The molecule has 4 aromatic rings. The molecule has 6 nitrogen and oxygen atoms in total. The van der Waals surface area contributed by atoms with Crippen molar-refractivity contribution < 1.29 is 9.13 Å². The number of ether oxygens (including phenoxy) is 1. The lowest BCUT2D eigenvalue weighted by Gasteiger charge is -2.11.